The lowest BCUT2D eigenvalue weighted by atomic mass is 9.95. The molecule has 0 radical (unpaired) electrons. The number of ether oxygens (including phenoxy) is 1. The molecule has 2 rings (SSSR count). The number of carbonyl (C=O) groups is 1. The zero-order chi connectivity index (χ0) is 10.9. The van der Waals surface area contributed by atoms with Crippen LogP contribution in [0.3, 0.4) is 0 Å². The Kier molecular flexibility index (Phi) is 2.84. The van der Waals surface area contributed by atoms with Gasteiger partial charge < -0.3 is 14.3 Å². The normalized spacial score (nSPS) is 25.7. The fourth-order valence-corrected chi connectivity index (χ4v) is 2.15. The number of furan rings is 1. The summed E-state index contributed by atoms with van der Waals surface area (Å²) >= 11 is 3.18. The Hall–Kier alpha value is -0.810. The molecule has 0 bridgehead atoms. The molecule has 1 aromatic rings. The lowest BCUT2D eigenvalue weighted by Gasteiger charge is -2.21. The van der Waals surface area contributed by atoms with E-state index in [-0.39, 0.29) is 6.42 Å². The highest BCUT2D eigenvalue weighted by atomic mass is 79.9. The zero-order valence-corrected chi connectivity index (χ0v) is 9.62. The van der Waals surface area contributed by atoms with E-state index in [0.717, 1.165) is 6.42 Å². The molecule has 1 aliphatic rings. The van der Waals surface area contributed by atoms with Gasteiger partial charge in [-0.15, -0.1) is 0 Å². The number of carboxylic acids is 1. The van der Waals surface area contributed by atoms with Crippen molar-refractivity contribution >= 4 is 21.9 Å². The van der Waals surface area contributed by atoms with Gasteiger partial charge in [-0.25, -0.2) is 4.79 Å². The smallest absolute Gasteiger partial charge is 0.336 e. The van der Waals surface area contributed by atoms with Crippen LogP contribution in [-0.4, -0.2) is 23.3 Å². The largest absolute Gasteiger partial charge is 0.479 e. The Bertz CT molecular complexity index is 365. The summed E-state index contributed by atoms with van der Waals surface area (Å²) in [6, 6.07) is 3.51. The molecule has 1 aromatic heterocycles. The number of rotatable bonds is 3. The molecule has 4 nitrogen and oxygen atoms in total. The van der Waals surface area contributed by atoms with E-state index in [1.54, 1.807) is 12.1 Å². The summed E-state index contributed by atoms with van der Waals surface area (Å²) < 4.78 is 11.2. The van der Waals surface area contributed by atoms with Gasteiger partial charge in [0, 0.05) is 13.0 Å². The maximum absolute atomic E-state index is 11.2. The fraction of sp³-hybridized carbons (Fsp3) is 0.500. The van der Waals surface area contributed by atoms with Gasteiger partial charge in [0.25, 0.3) is 0 Å². The van der Waals surface area contributed by atoms with Gasteiger partial charge in [0.15, 0.2) is 10.3 Å². The first-order chi connectivity index (χ1) is 7.12. The third-order valence-corrected chi connectivity index (χ3v) is 3.01. The quantitative estimate of drug-likeness (QED) is 0.918. The molecule has 1 atom stereocenters. The molecule has 0 amide bonds. The highest BCUT2D eigenvalue weighted by molar-refractivity contribution is 9.10. The average molecular weight is 275 g/mol. The number of aliphatic carboxylic acids is 1. The zero-order valence-electron chi connectivity index (χ0n) is 8.03. The molecular formula is C10H11BrO4. The van der Waals surface area contributed by atoms with Crippen LogP contribution in [0.2, 0.25) is 0 Å². The van der Waals surface area contributed by atoms with E-state index in [0.29, 0.717) is 23.5 Å². The van der Waals surface area contributed by atoms with Crippen molar-refractivity contribution in [1.82, 2.24) is 0 Å². The van der Waals surface area contributed by atoms with Crippen molar-refractivity contribution < 1.29 is 19.1 Å². The molecule has 1 saturated heterocycles. The van der Waals surface area contributed by atoms with Gasteiger partial charge in [-0.2, -0.15) is 0 Å². The number of halogens is 1. The first-order valence-corrected chi connectivity index (χ1v) is 5.53. The standard InChI is InChI=1S/C10H11BrO4/c11-8-3-2-7(15-8)6-10(9(12)13)4-1-5-14-10/h2-3H,1,4-6H2,(H,12,13). The third kappa shape index (κ3) is 2.08. The predicted molar refractivity (Wildman–Crippen MR) is 55.7 cm³/mol. The monoisotopic (exact) mass is 274 g/mol. The summed E-state index contributed by atoms with van der Waals surface area (Å²) in [5.74, 6) is -0.279. The molecule has 0 saturated carbocycles. The summed E-state index contributed by atoms with van der Waals surface area (Å²) in [7, 11) is 0. The van der Waals surface area contributed by atoms with Gasteiger partial charge in [-0.05, 0) is 40.9 Å². The summed E-state index contributed by atoms with van der Waals surface area (Å²) in [5, 5.41) is 9.15. The van der Waals surface area contributed by atoms with Crippen LogP contribution in [0, 0.1) is 0 Å². The minimum Gasteiger partial charge on any atom is -0.479 e. The molecule has 1 aliphatic heterocycles. The Balaban J connectivity index is 2.17. The van der Waals surface area contributed by atoms with E-state index in [2.05, 4.69) is 15.9 Å². The molecule has 0 aliphatic carbocycles. The molecule has 2 heterocycles. The van der Waals surface area contributed by atoms with Crippen LogP contribution in [0.1, 0.15) is 18.6 Å². The predicted octanol–water partition coefficient (Wildman–Crippen LogP) is 2.22. The fourth-order valence-electron chi connectivity index (χ4n) is 1.81. The van der Waals surface area contributed by atoms with Crippen LogP contribution in [0.25, 0.3) is 0 Å². The van der Waals surface area contributed by atoms with Gasteiger partial charge in [0.05, 0.1) is 0 Å². The summed E-state index contributed by atoms with van der Waals surface area (Å²) in [6.07, 6.45) is 1.61. The van der Waals surface area contributed by atoms with Crippen LogP contribution in [0.15, 0.2) is 21.2 Å². The van der Waals surface area contributed by atoms with E-state index < -0.39 is 11.6 Å². The number of carboxylic acid groups (broad SMARTS) is 1. The average Bonchev–Trinajstić information content (AvgIpc) is 2.77. The number of hydrogen-bond acceptors (Lipinski definition) is 3. The van der Waals surface area contributed by atoms with E-state index in [1.165, 1.54) is 0 Å². The van der Waals surface area contributed by atoms with Crippen molar-refractivity contribution in [3.8, 4) is 0 Å². The summed E-state index contributed by atoms with van der Waals surface area (Å²) in [4.78, 5) is 11.2. The Morgan fingerprint density at radius 1 is 1.60 bits per heavy atom. The van der Waals surface area contributed by atoms with Gasteiger partial charge in [-0.3, -0.25) is 0 Å². The molecule has 5 heteroatoms. The van der Waals surface area contributed by atoms with Crippen molar-refractivity contribution in [3.63, 3.8) is 0 Å². The Morgan fingerprint density at radius 2 is 2.40 bits per heavy atom. The van der Waals surface area contributed by atoms with Crippen LogP contribution >= 0.6 is 15.9 Å². The highest BCUT2D eigenvalue weighted by Crippen LogP contribution is 2.31. The van der Waals surface area contributed by atoms with Crippen molar-refractivity contribution in [2.24, 2.45) is 0 Å². The lowest BCUT2D eigenvalue weighted by molar-refractivity contribution is -0.160. The van der Waals surface area contributed by atoms with E-state index in [9.17, 15) is 4.79 Å². The van der Waals surface area contributed by atoms with Crippen molar-refractivity contribution in [1.29, 1.82) is 0 Å². The lowest BCUT2D eigenvalue weighted by Crippen LogP contribution is -2.39. The maximum Gasteiger partial charge on any atom is 0.336 e. The maximum atomic E-state index is 11.2. The molecule has 0 aromatic carbocycles. The van der Waals surface area contributed by atoms with Gasteiger partial charge in [0.1, 0.15) is 5.76 Å². The molecule has 82 valence electrons. The second-order valence-electron chi connectivity index (χ2n) is 3.63. The molecule has 1 N–H and O–H groups in total. The first kappa shape index (κ1) is 10.7. The minimum absolute atomic E-state index is 0.286. The van der Waals surface area contributed by atoms with Gasteiger partial charge >= 0.3 is 5.97 Å². The second-order valence-corrected chi connectivity index (χ2v) is 4.42. The molecule has 1 unspecified atom stereocenters. The van der Waals surface area contributed by atoms with E-state index in [4.69, 9.17) is 14.3 Å². The number of hydrogen-bond donors (Lipinski definition) is 1. The van der Waals surface area contributed by atoms with Crippen LogP contribution in [0.5, 0.6) is 0 Å². The molecular weight excluding hydrogens is 264 g/mol. The van der Waals surface area contributed by atoms with Gasteiger partial charge in [-0.1, -0.05) is 0 Å². The van der Waals surface area contributed by atoms with Crippen LogP contribution in [-0.2, 0) is 16.0 Å². The minimum atomic E-state index is -1.09. The molecule has 15 heavy (non-hydrogen) atoms. The summed E-state index contributed by atoms with van der Waals surface area (Å²) in [6.45, 7) is 0.508. The van der Waals surface area contributed by atoms with Crippen LogP contribution < -0.4 is 0 Å². The van der Waals surface area contributed by atoms with Crippen LogP contribution in [0.4, 0.5) is 0 Å². The van der Waals surface area contributed by atoms with Crippen molar-refractivity contribution in [2.75, 3.05) is 6.61 Å². The topological polar surface area (TPSA) is 59.7 Å². The van der Waals surface area contributed by atoms with E-state index in [1.807, 2.05) is 0 Å². The molecule has 1 fully saturated rings. The van der Waals surface area contributed by atoms with E-state index >= 15 is 0 Å². The van der Waals surface area contributed by atoms with Gasteiger partial charge in [0.2, 0.25) is 0 Å². The van der Waals surface area contributed by atoms with Crippen molar-refractivity contribution in [3.05, 3.63) is 22.6 Å². The molecule has 0 spiro atoms. The first-order valence-electron chi connectivity index (χ1n) is 4.74. The Labute approximate surface area is 95.3 Å². The second kappa shape index (κ2) is 3.98. The van der Waals surface area contributed by atoms with Crippen molar-refractivity contribution in [2.45, 2.75) is 24.9 Å². The SMILES string of the molecule is O=C(O)C1(Cc2ccc(Br)o2)CCCO1. The Morgan fingerprint density at radius 3 is 2.87 bits per heavy atom. The highest BCUT2D eigenvalue weighted by Gasteiger charge is 2.43. The third-order valence-electron chi connectivity index (χ3n) is 2.58. The summed E-state index contributed by atoms with van der Waals surface area (Å²) in [5.41, 5.74) is -1.09.